The zero-order chi connectivity index (χ0) is 18.6. The first-order valence-corrected chi connectivity index (χ1v) is 8.14. The molecule has 2 heterocycles. The lowest BCUT2D eigenvalue weighted by molar-refractivity contribution is 0.0279. The number of tetrazole rings is 1. The number of hydrogen-bond acceptors (Lipinski definition) is 8. The maximum absolute atomic E-state index is 12.6. The second kappa shape index (κ2) is 7.16. The van der Waals surface area contributed by atoms with Crippen LogP contribution in [0.3, 0.4) is 0 Å². The van der Waals surface area contributed by atoms with Gasteiger partial charge in [0.05, 0.1) is 11.3 Å². The van der Waals surface area contributed by atoms with E-state index >= 15 is 0 Å². The third-order valence-corrected chi connectivity index (χ3v) is 3.81. The van der Waals surface area contributed by atoms with Gasteiger partial charge in [-0.25, -0.2) is 4.79 Å². The van der Waals surface area contributed by atoms with Crippen molar-refractivity contribution in [3.8, 4) is 17.1 Å². The molecular weight excluding hydrogens is 348 g/mol. The van der Waals surface area contributed by atoms with Crippen LogP contribution in [0.15, 0.2) is 65.3 Å². The van der Waals surface area contributed by atoms with E-state index in [1.165, 1.54) is 11.0 Å². The molecule has 0 bridgehead atoms. The molecule has 4 rings (SSSR count). The van der Waals surface area contributed by atoms with Crippen LogP contribution in [0.25, 0.3) is 17.1 Å². The van der Waals surface area contributed by atoms with Gasteiger partial charge in [0.25, 0.3) is 5.89 Å². The van der Waals surface area contributed by atoms with Crippen molar-refractivity contribution in [2.75, 3.05) is 0 Å². The number of nitrogens with zero attached hydrogens (tertiary/aromatic N) is 6. The molecule has 0 spiro atoms. The minimum absolute atomic E-state index is 0.210. The standard InChI is InChI=1S/C18H14N6O3/c1-12(16-20-21-17(27-16)13-7-3-2-4-8-13)26-18(25)14-9-5-6-10-15(14)24-11-19-22-23-24/h2-12H,1H3. The SMILES string of the molecule is CC(OC(=O)c1ccccc1-n1cnnn1)c1nnc(-c2ccccc2)o1. The molecule has 0 aliphatic carbocycles. The molecule has 0 amide bonds. The maximum Gasteiger partial charge on any atom is 0.341 e. The van der Waals surface area contributed by atoms with Crippen molar-refractivity contribution in [2.45, 2.75) is 13.0 Å². The highest BCUT2D eigenvalue weighted by Gasteiger charge is 2.22. The second-order valence-electron chi connectivity index (χ2n) is 5.63. The summed E-state index contributed by atoms with van der Waals surface area (Å²) in [5.74, 6) is 0.0257. The molecular formula is C18H14N6O3. The van der Waals surface area contributed by atoms with Crippen LogP contribution in [0.2, 0.25) is 0 Å². The number of benzene rings is 2. The highest BCUT2D eigenvalue weighted by Crippen LogP contribution is 2.24. The van der Waals surface area contributed by atoms with E-state index in [1.807, 2.05) is 30.3 Å². The molecule has 2 aromatic carbocycles. The normalized spacial score (nSPS) is 11.9. The lowest BCUT2D eigenvalue weighted by Crippen LogP contribution is -2.13. The van der Waals surface area contributed by atoms with Gasteiger partial charge in [-0.2, -0.15) is 4.68 Å². The molecule has 1 atom stereocenters. The molecule has 2 aromatic heterocycles. The molecule has 0 saturated heterocycles. The second-order valence-corrected chi connectivity index (χ2v) is 5.63. The van der Waals surface area contributed by atoms with E-state index in [1.54, 1.807) is 31.2 Å². The monoisotopic (exact) mass is 362 g/mol. The highest BCUT2D eigenvalue weighted by molar-refractivity contribution is 5.93. The Labute approximate surface area is 153 Å². The summed E-state index contributed by atoms with van der Waals surface area (Å²) >= 11 is 0. The topological polar surface area (TPSA) is 109 Å². The van der Waals surface area contributed by atoms with Crippen LogP contribution in [0, 0.1) is 0 Å². The van der Waals surface area contributed by atoms with E-state index in [0.717, 1.165) is 5.56 Å². The number of para-hydroxylation sites is 1. The molecule has 9 heteroatoms. The first-order chi connectivity index (χ1) is 13.2. The summed E-state index contributed by atoms with van der Waals surface area (Å²) in [5, 5.41) is 19.0. The summed E-state index contributed by atoms with van der Waals surface area (Å²) in [4.78, 5) is 12.6. The van der Waals surface area contributed by atoms with E-state index in [2.05, 4.69) is 25.7 Å². The third-order valence-electron chi connectivity index (χ3n) is 3.81. The van der Waals surface area contributed by atoms with Crippen molar-refractivity contribution >= 4 is 5.97 Å². The molecule has 0 fully saturated rings. The van der Waals surface area contributed by atoms with Crippen LogP contribution in [-0.4, -0.2) is 36.4 Å². The van der Waals surface area contributed by atoms with Gasteiger partial charge in [-0.05, 0) is 41.6 Å². The molecule has 0 saturated carbocycles. The zero-order valence-corrected chi connectivity index (χ0v) is 14.3. The first-order valence-electron chi connectivity index (χ1n) is 8.14. The largest absolute Gasteiger partial charge is 0.449 e. The Kier molecular flexibility index (Phi) is 4.40. The van der Waals surface area contributed by atoms with Gasteiger partial charge in [0.15, 0.2) is 6.10 Å². The van der Waals surface area contributed by atoms with Crippen LogP contribution in [0.1, 0.15) is 29.3 Å². The van der Waals surface area contributed by atoms with Crippen molar-refractivity contribution in [3.05, 3.63) is 72.4 Å². The minimum atomic E-state index is -0.718. The fourth-order valence-corrected chi connectivity index (χ4v) is 2.49. The average molecular weight is 362 g/mol. The van der Waals surface area contributed by atoms with E-state index in [9.17, 15) is 4.79 Å². The van der Waals surface area contributed by atoms with Crippen molar-refractivity contribution in [3.63, 3.8) is 0 Å². The summed E-state index contributed by atoms with van der Waals surface area (Å²) in [6.07, 6.45) is 0.684. The van der Waals surface area contributed by atoms with Crippen LogP contribution >= 0.6 is 0 Å². The molecule has 0 aliphatic heterocycles. The number of aromatic nitrogens is 6. The number of hydrogen-bond donors (Lipinski definition) is 0. The Morgan fingerprint density at radius 3 is 2.63 bits per heavy atom. The summed E-state index contributed by atoms with van der Waals surface area (Å²) in [5.41, 5.74) is 1.62. The van der Waals surface area contributed by atoms with Crippen molar-refractivity contribution in [2.24, 2.45) is 0 Å². The smallest absolute Gasteiger partial charge is 0.341 e. The summed E-state index contributed by atoms with van der Waals surface area (Å²) in [6, 6.07) is 16.2. The fourth-order valence-electron chi connectivity index (χ4n) is 2.49. The summed E-state index contributed by atoms with van der Waals surface area (Å²) in [7, 11) is 0. The summed E-state index contributed by atoms with van der Waals surface area (Å²) in [6.45, 7) is 1.67. The lowest BCUT2D eigenvalue weighted by atomic mass is 10.2. The lowest BCUT2D eigenvalue weighted by Gasteiger charge is -2.11. The van der Waals surface area contributed by atoms with Crippen molar-refractivity contribution in [1.82, 2.24) is 30.4 Å². The quantitative estimate of drug-likeness (QED) is 0.498. The van der Waals surface area contributed by atoms with Crippen molar-refractivity contribution in [1.29, 1.82) is 0 Å². The predicted molar refractivity (Wildman–Crippen MR) is 92.7 cm³/mol. The van der Waals surface area contributed by atoms with E-state index in [-0.39, 0.29) is 5.89 Å². The van der Waals surface area contributed by atoms with Crippen LogP contribution < -0.4 is 0 Å². The van der Waals surface area contributed by atoms with E-state index in [0.29, 0.717) is 17.1 Å². The van der Waals surface area contributed by atoms with Gasteiger partial charge in [-0.3, -0.25) is 0 Å². The molecule has 4 aromatic rings. The van der Waals surface area contributed by atoms with Gasteiger partial charge in [0, 0.05) is 5.56 Å². The number of carbonyl (C=O) groups is 1. The van der Waals surface area contributed by atoms with Crippen molar-refractivity contribution < 1.29 is 13.9 Å². The Balaban J connectivity index is 1.53. The molecule has 9 nitrogen and oxygen atoms in total. The average Bonchev–Trinajstić information content (AvgIpc) is 3.41. The van der Waals surface area contributed by atoms with Gasteiger partial charge in [-0.1, -0.05) is 30.3 Å². The number of carbonyl (C=O) groups excluding carboxylic acids is 1. The zero-order valence-electron chi connectivity index (χ0n) is 14.3. The molecule has 1 unspecified atom stereocenters. The molecule has 0 aliphatic rings. The maximum atomic E-state index is 12.6. The summed E-state index contributed by atoms with van der Waals surface area (Å²) < 4.78 is 12.5. The number of esters is 1. The van der Waals surface area contributed by atoms with Gasteiger partial charge in [0.2, 0.25) is 5.89 Å². The van der Waals surface area contributed by atoms with Gasteiger partial charge >= 0.3 is 5.97 Å². The molecule has 134 valence electrons. The van der Waals surface area contributed by atoms with E-state index in [4.69, 9.17) is 9.15 Å². The molecule has 27 heavy (non-hydrogen) atoms. The van der Waals surface area contributed by atoms with Crippen LogP contribution in [-0.2, 0) is 4.74 Å². The number of ether oxygens (including phenoxy) is 1. The molecule has 0 radical (unpaired) electrons. The van der Waals surface area contributed by atoms with Crippen LogP contribution in [0.5, 0.6) is 0 Å². The van der Waals surface area contributed by atoms with Gasteiger partial charge in [0.1, 0.15) is 6.33 Å². The first kappa shape index (κ1) is 16.6. The molecule has 0 N–H and O–H groups in total. The Morgan fingerprint density at radius 2 is 1.85 bits per heavy atom. The Bertz CT molecular complexity index is 1050. The van der Waals surface area contributed by atoms with Gasteiger partial charge < -0.3 is 9.15 Å². The van der Waals surface area contributed by atoms with E-state index < -0.39 is 12.1 Å². The Hall–Kier alpha value is -3.88. The minimum Gasteiger partial charge on any atom is -0.449 e. The third kappa shape index (κ3) is 3.43. The Morgan fingerprint density at radius 1 is 1.07 bits per heavy atom. The van der Waals surface area contributed by atoms with Gasteiger partial charge in [-0.15, -0.1) is 15.3 Å². The van der Waals surface area contributed by atoms with Crippen LogP contribution in [0.4, 0.5) is 0 Å². The number of rotatable bonds is 5. The predicted octanol–water partition coefficient (Wildman–Crippen LogP) is 2.63. The highest BCUT2D eigenvalue weighted by atomic mass is 16.6. The fraction of sp³-hybridized carbons (Fsp3) is 0.111.